The summed E-state index contributed by atoms with van der Waals surface area (Å²) in [7, 11) is 0. The standard InChI is InChI=1S/C15H19N3O/c1-11-4-6-14(8-12(11)2)9-18-10-15(16-17-18)7-5-13(3)19/h4,6,8,10H,5,7,9H2,1-3H3. The Morgan fingerprint density at radius 1 is 1.26 bits per heavy atom. The van der Waals surface area contributed by atoms with Crippen LogP contribution in [0, 0.1) is 13.8 Å². The number of benzene rings is 1. The van der Waals surface area contributed by atoms with Crippen molar-refractivity contribution in [2.24, 2.45) is 0 Å². The summed E-state index contributed by atoms with van der Waals surface area (Å²) in [6.07, 6.45) is 3.11. The fourth-order valence-electron chi connectivity index (χ4n) is 1.92. The van der Waals surface area contributed by atoms with Gasteiger partial charge in [0, 0.05) is 12.6 Å². The fourth-order valence-corrected chi connectivity index (χ4v) is 1.92. The van der Waals surface area contributed by atoms with Crippen LogP contribution < -0.4 is 0 Å². The van der Waals surface area contributed by atoms with Crippen LogP contribution in [0.15, 0.2) is 24.4 Å². The second-order valence-electron chi connectivity index (χ2n) is 5.03. The lowest BCUT2D eigenvalue weighted by Gasteiger charge is -2.04. The van der Waals surface area contributed by atoms with Crippen molar-refractivity contribution in [3.63, 3.8) is 0 Å². The molecule has 0 saturated carbocycles. The van der Waals surface area contributed by atoms with E-state index in [1.54, 1.807) is 6.92 Å². The van der Waals surface area contributed by atoms with Gasteiger partial charge < -0.3 is 4.79 Å². The Bertz CT molecular complexity index is 587. The van der Waals surface area contributed by atoms with E-state index in [9.17, 15) is 4.79 Å². The number of Topliss-reactive ketones (excluding diaryl/α,β-unsaturated/α-hetero) is 1. The summed E-state index contributed by atoms with van der Waals surface area (Å²) in [6.45, 7) is 6.53. The van der Waals surface area contributed by atoms with Gasteiger partial charge in [0.15, 0.2) is 0 Å². The van der Waals surface area contributed by atoms with E-state index in [2.05, 4.69) is 42.4 Å². The molecular weight excluding hydrogens is 238 g/mol. The van der Waals surface area contributed by atoms with E-state index in [4.69, 9.17) is 0 Å². The van der Waals surface area contributed by atoms with Gasteiger partial charge in [0.05, 0.1) is 12.2 Å². The first-order valence-corrected chi connectivity index (χ1v) is 6.49. The number of aryl methyl sites for hydroxylation is 3. The summed E-state index contributed by atoms with van der Waals surface area (Å²) >= 11 is 0. The minimum Gasteiger partial charge on any atom is -0.300 e. The number of hydrogen-bond acceptors (Lipinski definition) is 3. The van der Waals surface area contributed by atoms with Crippen LogP contribution in [0.5, 0.6) is 0 Å². The van der Waals surface area contributed by atoms with Crippen LogP contribution in [-0.2, 0) is 17.8 Å². The third kappa shape index (κ3) is 3.74. The van der Waals surface area contributed by atoms with Crippen LogP contribution in [0.4, 0.5) is 0 Å². The molecule has 4 nitrogen and oxygen atoms in total. The van der Waals surface area contributed by atoms with E-state index in [0.29, 0.717) is 19.4 Å². The number of carbonyl (C=O) groups excluding carboxylic acids is 1. The molecule has 2 aromatic rings. The van der Waals surface area contributed by atoms with Crippen LogP contribution in [-0.4, -0.2) is 20.8 Å². The van der Waals surface area contributed by atoms with Crippen molar-refractivity contribution in [3.05, 3.63) is 46.8 Å². The average molecular weight is 257 g/mol. The van der Waals surface area contributed by atoms with Gasteiger partial charge in [-0.2, -0.15) is 0 Å². The maximum Gasteiger partial charge on any atom is 0.130 e. The molecule has 1 heterocycles. The SMILES string of the molecule is CC(=O)CCc1cn(Cc2ccc(C)c(C)c2)nn1. The second kappa shape index (κ2) is 5.78. The number of aromatic nitrogens is 3. The summed E-state index contributed by atoms with van der Waals surface area (Å²) < 4.78 is 1.82. The van der Waals surface area contributed by atoms with Crippen molar-refractivity contribution in [3.8, 4) is 0 Å². The highest BCUT2D eigenvalue weighted by molar-refractivity contribution is 5.75. The normalized spacial score (nSPS) is 10.7. The van der Waals surface area contributed by atoms with E-state index in [1.165, 1.54) is 16.7 Å². The predicted molar refractivity (Wildman–Crippen MR) is 74.0 cm³/mol. The van der Waals surface area contributed by atoms with Crippen molar-refractivity contribution >= 4 is 5.78 Å². The molecule has 0 aliphatic rings. The number of rotatable bonds is 5. The first-order valence-electron chi connectivity index (χ1n) is 6.49. The van der Waals surface area contributed by atoms with Gasteiger partial charge in [0.1, 0.15) is 5.78 Å². The van der Waals surface area contributed by atoms with Crippen molar-refractivity contribution in [2.45, 2.75) is 40.2 Å². The van der Waals surface area contributed by atoms with Crippen molar-refractivity contribution in [1.29, 1.82) is 0 Å². The van der Waals surface area contributed by atoms with Crippen LogP contribution in [0.1, 0.15) is 35.7 Å². The summed E-state index contributed by atoms with van der Waals surface area (Å²) in [6, 6.07) is 6.41. The smallest absolute Gasteiger partial charge is 0.130 e. The Hall–Kier alpha value is -1.97. The van der Waals surface area contributed by atoms with Gasteiger partial charge in [-0.1, -0.05) is 23.4 Å². The van der Waals surface area contributed by atoms with Crippen molar-refractivity contribution < 1.29 is 4.79 Å². The highest BCUT2D eigenvalue weighted by Gasteiger charge is 2.04. The molecule has 0 spiro atoms. The van der Waals surface area contributed by atoms with Gasteiger partial charge in [-0.15, -0.1) is 5.10 Å². The molecule has 19 heavy (non-hydrogen) atoms. The monoisotopic (exact) mass is 257 g/mol. The highest BCUT2D eigenvalue weighted by Crippen LogP contribution is 2.11. The molecule has 0 atom stereocenters. The summed E-state index contributed by atoms with van der Waals surface area (Å²) in [4.78, 5) is 10.9. The zero-order valence-corrected chi connectivity index (χ0v) is 11.7. The molecule has 100 valence electrons. The summed E-state index contributed by atoms with van der Waals surface area (Å²) in [5.41, 5.74) is 4.67. The fraction of sp³-hybridized carbons (Fsp3) is 0.400. The molecule has 0 radical (unpaired) electrons. The molecule has 1 aromatic carbocycles. The van der Waals surface area contributed by atoms with E-state index < -0.39 is 0 Å². The lowest BCUT2D eigenvalue weighted by Crippen LogP contribution is -2.01. The number of carbonyl (C=O) groups is 1. The van der Waals surface area contributed by atoms with Gasteiger partial charge in [0.2, 0.25) is 0 Å². The lowest BCUT2D eigenvalue weighted by molar-refractivity contribution is -0.116. The molecule has 1 aromatic heterocycles. The van der Waals surface area contributed by atoms with E-state index in [0.717, 1.165) is 5.69 Å². The van der Waals surface area contributed by atoms with Crippen molar-refractivity contribution in [1.82, 2.24) is 15.0 Å². The largest absolute Gasteiger partial charge is 0.300 e. The summed E-state index contributed by atoms with van der Waals surface area (Å²) in [5.74, 6) is 0.184. The Labute approximate surface area is 113 Å². The maximum atomic E-state index is 10.9. The molecule has 0 bridgehead atoms. The quantitative estimate of drug-likeness (QED) is 0.826. The second-order valence-corrected chi connectivity index (χ2v) is 5.03. The van der Waals surface area contributed by atoms with Crippen LogP contribution in [0.3, 0.4) is 0 Å². The molecule has 0 N–H and O–H groups in total. The van der Waals surface area contributed by atoms with Crippen molar-refractivity contribution in [2.75, 3.05) is 0 Å². The van der Waals surface area contributed by atoms with E-state index >= 15 is 0 Å². The van der Waals surface area contributed by atoms with E-state index in [1.807, 2.05) is 10.9 Å². The van der Waals surface area contributed by atoms with Crippen LogP contribution in [0.2, 0.25) is 0 Å². The van der Waals surface area contributed by atoms with Gasteiger partial charge in [-0.25, -0.2) is 4.68 Å². The number of hydrogen-bond donors (Lipinski definition) is 0. The maximum absolute atomic E-state index is 10.9. The molecule has 0 aliphatic carbocycles. The topological polar surface area (TPSA) is 47.8 Å². The van der Waals surface area contributed by atoms with Crippen LogP contribution in [0.25, 0.3) is 0 Å². The predicted octanol–water partition coefficient (Wildman–Crippen LogP) is 2.46. The third-order valence-corrected chi connectivity index (χ3v) is 3.24. The number of nitrogens with zero attached hydrogens (tertiary/aromatic N) is 3. The third-order valence-electron chi connectivity index (χ3n) is 3.24. The molecule has 0 saturated heterocycles. The average Bonchev–Trinajstić information content (AvgIpc) is 2.79. The Morgan fingerprint density at radius 3 is 2.74 bits per heavy atom. The number of ketones is 1. The molecule has 4 heteroatoms. The van der Waals surface area contributed by atoms with Gasteiger partial charge in [0.25, 0.3) is 0 Å². The highest BCUT2D eigenvalue weighted by atomic mass is 16.1. The minimum absolute atomic E-state index is 0.184. The molecule has 2 rings (SSSR count). The first-order chi connectivity index (χ1) is 9.04. The molecule has 0 aliphatic heterocycles. The molecule has 0 unspecified atom stereocenters. The first kappa shape index (κ1) is 13.5. The summed E-state index contributed by atoms with van der Waals surface area (Å²) in [5, 5.41) is 8.18. The minimum atomic E-state index is 0.184. The molecule has 0 fully saturated rings. The molecule has 0 amide bonds. The van der Waals surface area contributed by atoms with Gasteiger partial charge in [-0.3, -0.25) is 0 Å². The van der Waals surface area contributed by atoms with Gasteiger partial charge in [-0.05, 0) is 43.9 Å². The Morgan fingerprint density at radius 2 is 2.05 bits per heavy atom. The van der Waals surface area contributed by atoms with Crippen LogP contribution >= 0.6 is 0 Å². The van der Waals surface area contributed by atoms with Gasteiger partial charge >= 0.3 is 0 Å². The Balaban J connectivity index is 2.02. The zero-order valence-electron chi connectivity index (χ0n) is 11.7. The lowest BCUT2D eigenvalue weighted by atomic mass is 10.1. The zero-order chi connectivity index (χ0) is 13.8. The van der Waals surface area contributed by atoms with E-state index in [-0.39, 0.29) is 5.78 Å². The Kier molecular flexibility index (Phi) is 4.10. The molecular formula is C15H19N3O.